The Kier molecular flexibility index (Phi) is 10.7. The standard InChI is InChI=1S/C22H17N5O4.C21H16N6O3/c1-26-9-7-22(30,21(26)29)6-5-14-10-15(13-23)12-16(11-14)27-19-17(4-3-8-24-19)18(25-27)20(28)31-2;1-26-8-6-21(30,20(26)29)5-4-13-9-14(12-22)11-15(10-13)27-19-16(3-2-7-24-19)17(25-27)18(23)28/h3-4,8,10-12,30H,7,9H2,1-2H3;2-3,7,9-11,30H,6,8H2,1H3,(H2,23,28)/t22-;21-/m00/s1. The van der Waals surface area contributed by atoms with Gasteiger partial charge in [0.25, 0.3) is 17.7 Å². The van der Waals surface area contributed by atoms with Crippen molar-refractivity contribution in [3.8, 4) is 47.2 Å². The molecule has 0 saturated carbocycles. The largest absolute Gasteiger partial charge is 0.464 e. The Morgan fingerprint density at radius 2 is 1.15 bits per heavy atom. The van der Waals surface area contributed by atoms with Crippen molar-refractivity contribution in [3.05, 3.63) is 107 Å². The van der Waals surface area contributed by atoms with E-state index in [1.165, 1.54) is 32.3 Å². The maximum atomic E-state index is 12.2. The number of pyridine rings is 2. The number of esters is 1. The van der Waals surface area contributed by atoms with Crippen LogP contribution in [0.25, 0.3) is 33.4 Å². The minimum Gasteiger partial charge on any atom is -0.464 e. The van der Waals surface area contributed by atoms with E-state index in [2.05, 4.69) is 49.9 Å². The molecule has 18 heteroatoms. The number of benzene rings is 2. The fraction of sp³-hybridized carbons (Fsp3) is 0.209. The number of rotatable bonds is 4. The zero-order valence-electron chi connectivity index (χ0n) is 32.7. The number of nitrogens with zero attached hydrogens (tertiary/aromatic N) is 10. The molecule has 2 aliphatic rings. The lowest BCUT2D eigenvalue weighted by Crippen LogP contribution is -2.37. The van der Waals surface area contributed by atoms with Crippen LogP contribution in [-0.4, -0.2) is 119 Å². The second-order valence-corrected chi connectivity index (χ2v) is 14.1. The van der Waals surface area contributed by atoms with Gasteiger partial charge in [0.2, 0.25) is 11.2 Å². The number of primary amides is 1. The highest BCUT2D eigenvalue weighted by atomic mass is 16.5. The Morgan fingerprint density at radius 3 is 1.54 bits per heavy atom. The van der Waals surface area contributed by atoms with Crippen molar-refractivity contribution in [2.45, 2.75) is 24.0 Å². The van der Waals surface area contributed by atoms with Crippen LogP contribution in [0.1, 0.15) is 56.1 Å². The maximum Gasteiger partial charge on any atom is 0.359 e. The van der Waals surface area contributed by atoms with E-state index in [1.54, 1.807) is 81.1 Å². The van der Waals surface area contributed by atoms with Gasteiger partial charge in [-0.3, -0.25) is 14.4 Å². The number of nitrogens with two attached hydrogens (primary N) is 1. The van der Waals surface area contributed by atoms with Crippen molar-refractivity contribution in [3.63, 3.8) is 0 Å². The number of carbonyl (C=O) groups excluding carboxylic acids is 4. The molecule has 6 aromatic rings. The SMILES string of the molecule is CN1CC[C@@](O)(C#Cc2cc(C#N)cc(-n3nc(C(N)=O)c4cccnc43)c2)C1=O.COC(=O)c1nn(-c2cc(C#N)cc(C#C[C@]3(O)CCN(C)C3=O)c2)c2ncccc12. The molecule has 6 heterocycles. The number of likely N-dealkylation sites (tertiary alicyclic amines) is 2. The monoisotopic (exact) mass is 815 g/mol. The second kappa shape index (κ2) is 16.1. The number of hydrogen-bond donors (Lipinski definition) is 3. The smallest absolute Gasteiger partial charge is 0.359 e. The van der Waals surface area contributed by atoms with E-state index in [4.69, 9.17) is 10.5 Å². The Balaban J connectivity index is 0.000000184. The number of carbonyl (C=O) groups is 4. The van der Waals surface area contributed by atoms with Crippen LogP contribution in [0.15, 0.2) is 73.1 Å². The van der Waals surface area contributed by atoms with Gasteiger partial charge in [-0.1, -0.05) is 23.7 Å². The molecule has 61 heavy (non-hydrogen) atoms. The first-order chi connectivity index (χ1) is 29.2. The van der Waals surface area contributed by atoms with Gasteiger partial charge >= 0.3 is 5.97 Å². The Hall–Kier alpha value is -8.42. The van der Waals surface area contributed by atoms with Crippen LogP contribution < -0.4 is 5.73 Å². The highest BCUT2D eigenvalue weighted by Gasteiger charge is 2.43. The average molecular weight is 816 g/mol. The minimum absolute atomic E-state index is 0.0574. The highest BCUT2D eigenvalue weighted by Crippen LogP contribution is 2.26. The van der Waals surface area contributed by atoms with E-state index in [1.807, 2.05) is 6.07 Å². The van der Waals surface area contributed by atoms with Crippen molar-refractivity contribution in [1.29, 1.82) is 10.5 Å². The second-order valence-electron chi connectivity index (χ2n) is 14.1. The molecule has 2 saturated heterocycles. The van der Waals surface area contributed by atoms with E-state index in [-0.39, 0.29) is 24.2 Å². The summed E-state index contributed by atoms with van der Waals surface area (Å²) in [6.45, 7) is 0.823. The van der Waals surface area contributed by atoms with Gasteiger partial charge in [0, 0.05) is 63.5 Å². The molecule has 302 valence electrons. The topological polar surface area (TPSA) is 259 Å². The van der Waals surface area contributed by atoms with E-state index < -0.39 is 34.9 Å². The van der Waals surface area contributed by atoms with Gasteiger partial charge < -0.3 is 30.5 Å². The van der Waals surface area contributed by atoms with E-state index >= 15 is 0 Å². The number of likely N-dealkylation sites (N-methyl/N-ethyl adjacent to an activating group) is 2. The average Bonchev–Trinajstić information content (AvgIpc) is 4.01. The summed E-state index contributed by atoms with van der Waals surface area (Å²) in [5.41, 5.74) is 5.16. The quantitative estimate of drug-likeness (QED) is 0.168. The summed E-state index contributed by atoms with van der Waals surface area (Å²) in [6.07, 6.45) is 3.53. The van der Waals surface area contributed by atoms with Gasteiger partial charge in [-0.2, -0.15) is 20.7 Å². The van der Waals surface area contributed by atoms with Gasteiger partial charge in [-0.05, 0) is 60.7 Å². The van der Waals surface area contributed by atoms with Gasteiger partial charge in [0.15, 0.2) is 22.7 Å². The fourth-order valence-electron chi connectivity index (χ4n) is 6.72. The van der Waals surface area contributed by atoms with Crippen LogP contribution in [0, 0.1) is 46.3 Å². The molecule has 0 aliphatic carbocycles. The molecule has 4 aromatic heterocycles. The van der Waals surface area contributed by atoms with E-state index in [9.17, 15) is 39.9 Å². The summed E-state index contributed by atoms with van der Waals surface area (Å²) in [7, 11) is 4.47. The summed E-state index contributed by atoms with van der Waals surface area (Å²) in [5, 5.41) is 49.5. The summed E-state index contributed by atoms with van der Waals surface area (Å²) in [4.78, 5) is 59.6. The lowest BCUT2D eigenvalue weighted by atomic mass is 10.0. The van der Waals surface area contributed by atoms with Gasteiger partial charge in [0.1, 0.15) is 0 Å². The van der Waals surface area contributed by atoms with Crippen LogP contribution >= 0.6 is 0 Å². The summed E-state index contributed by atoms with van der Waals surface area (Å²) < 4.78 is 7.64. The number of methoxy groups -OCH3 is 1. The molecule has 0 spiro atoms. The predicted octanol–water partition coefficient (Wildman–Crippen LogP) is 1.36. The molecule has 0 unspecified atom stereocenters. The van der Waals surface area contributed by atoms with Crippen LogP contribution in [0.5, 0.6) is 0 Å². The summed E-state index contributed by atoms with van der Waals surface area (Å²) in [6, 6.07) is 20.3. The fourth-order valence-corrected chi connectivity index (χ4v) is 6.72. The van der Waals surface area contributed by atoms with Crippen molar-refractivity contribution >= 4 is 45.8 Å². The summed E-state index contributed by atoms with van der Waals surface area (Å²) in [5.74, 6) is 8.63. The van der Waals surface area contributed by atoms with Crippen molar-refractivity contribution in [1.82, 2.24) is 39.3 Å². The number of amides is 3. The first kappa shape index (κ1) is 40.8. The third kappa shape index (κ3) is 7.79. The highest BCUT2D eigenvalue weighted by molar-refractivity contribution is 6.03. The molecule has 4 N–H and O–H groups in total. The van der Waals surface area contributed by atoms with Crippen LogP contribution in [0.3, 0.4) is 0 Å². The summed E-state index contributed by atoms with van der Waals surface area (Å²) >= 11 is 0. The van der Waals surface area contributed by atoms with Gasteiger partial charge in [-0.15, -0.1) is 0 Å². The Labute approximate surface area is 347 Å². The normalized spacial score (nSPS) is 18.0. The number of ether oxygens (including phenoxy) is 1. The van der Waals surface area contributed by atoms with Crippen molar-refractivity contribution in [2.75, 3.05) is 34.3 Å². The zero-order chi connectivity index (χ0) is 43.6. The van der Waals surface area contributed by atoms with Crippen LogP contribution in [0.2, 0.25) is 0 Å². The molecule has 0 bridgehead atoms. The van der Waals surface area contributed by atoms with Crippen molar-refractivity contribution < 1.29 is 34.1 Å². The van der Waals surface area contributed by atoms with E-state index in [0.717, 1.165) is 0 Å². The van der Waals surface area contributed by atoms with Gasteiger partial charge in [-0.25, -0.2) is 24.1 Å². The number of hydrogen-bond acceptors (Lipinski definition) is 13. The lowest BCUT2D eigenvalue weighted by Gasteiger charge is -2.13. The number of aliphatic hydroxyl groups is 2. The Bertz CT molecular complexity index is 3050. The maximum absolute atomic E-state index is 12.2. The third-order valence-corrected chi connectivity index (χ3v) is 9.93. The Morgan fingerprint density at radius 1 is 0.721 bits per heavy atom. The molecule has 2 aromatic carbocycles. The minimum atomic E-state index is -1.75. The first-order valence-electron chi connectivity index (χ1n) is 18.4. The molecule has 2 fully saturated rings. The molecular weight excluding hydrogens is 783 g/mol. The lowest BCUT2D eigenvalue weighted by molar-refractivity contribution is -0.138. The predicted molar refractivity (Wildman–Crippen MR) is 215 cm³/mol. The van der Waals surface area contributed by atoms with Gasteiger partial charge in [0.05, 0.1) is 52.5 Å². The van der Waals surface area contributed by atoms with Crippen LogP contribution in [0.4, 0.5) is 0 Å². The molecule has 8 rings (SSSR count). The number of fused-ring (bicyclic) bond motifs is 2. The molecule has 0 radical (unpaired) electrons. The number of aromatic nitrogens is 6. The van der Waals surface area contributed by atoms with Crippen LogP contribution in [-0.2, 0) is 14.3 Å². The molecule has 3 amide bonds. The third-order valence-electron chi connectivity index (χ3n) is 9.93. The zero-order valence-corrected chi connectivity index (χ0v) is 32.7. The number of nitriles is 2. The van der Waals surface area contributed by atoms with Crippen molar-refractivity contribution in [2.24, 2.45) is 5.73 Å². The first-order valence-corrected chi connectivity index (χ1v) is 18.4. The molecule has 18 nitrogen and oxygen atoms in total. The molecular formula is C43H33N11O7. The molecule has 2 atom stereocenters. The molecule has 2 aliphatic heterocycles. The van der Waals surface area contributed by atoms with E-state index in [0.29, 0.717) is 68.8 Å².